The Morgan fingerprint density at radius 2 is 2.38 bits per heavy atom. The summed E-state index contributed by atoms with van der Waals surface area (Å²) < 4.78 is 4.59. The number of ether oxygens (including phenoxy) is 1. The van der Waals surface area contributed by atoms with E-state index in [0.717, 1.165) is 23.6 Å². The molecule has 1 heterocycles. The van der Waals surface area contributed by atoms with Gasteiger partial charge in [0, 0.05) is 12.4 Å². The van der Waals surface area contributed by atoms with E-state index in [0.29, 0.717) is 5.69 Å². The largest absolute Gasteiger partial charge is 0.464 e. The first-order chi connectivity index (χ1) is 7.77. The molecular formula is C11H15NO3S. The Balaban J connectivity index is 2.50. The number of hydrogen-bond acceptors (Lipinski definition) is 5. The van der Waals surface area contributed by atoms with Crippen molar-refractivity contribution >= 4 is 17.7 Å². The Bertz CT molecular complexity index is 344. The number of nitrogens with zero attached hydrogens (tertiary/aromatic N) is 1. The monoisotopic (exact) mass is 241 g/mol. The third-order valence-corrected chi connectivity index (χ3v) is 2.98. The van der Waals surface area contributed by atoms with E-state index in [1.165, 1.54) is 7.11 Å². The van der Waals surface area contributed by atoms with Gasteiger partial charge in [-0.25, -0.2) is 9.78 Å². The Morgan fingerprint density at radius 1 is 1.56 bits per heavy atom. The number of carbonyl (C=O) groups is 1. The van der Waals surface area contributed by atoms with Crippen molar-refractivity contribution in [2.75, 3.05) is 19.5 Å². The van der Waals surface area contributed by atoms with Crippen LogP contribution in [-0.4, -0.2) is 35.5 Å². The molecule has 0 aliphatic carbocycles. The summed E-state index contributed by atoms with van der Waals surface area (Å²) in [7, 11) is 1.34. The predicted molar refractivity (Wildman–Crippen MR) is 63.4 cm³/mol. The van der Waals surface area contributed by atoms with Crippen molar-refractivity contribution in [3.63, 3.8) is 0 Å². The summed E-state index contributed by atoms with van der Waals surface area (Å²) in [4.78, 5) is 15.4. The second-order valence-electron chi connectivity index (χ2n) is 3.14. The maximum absolute atomic E-state index is 11.2. The molecule has 0 fully saturated rings. The highest BCUT2D eigenvalue weighted by Crippen LogP contribution is 2.11. The fourth-order valence-corrected chi connectivity index (χ4v) is 1.97. The molecule has 0 aliphatic heterocycles. The lowest BCUT2D eigenvalue weighted by atomic mass is 10.3. The van der Waals surface area contributed by atoms with Crippen LogP contribution in [0.5, 0.6) is 0 Å². The van der Waals surface area contributed by atoms with Gasteiger partial charge < -0.3 is 9.84 Å². The number of pyridine rings is 1. The van der Waals surface area contributed by atoms with Crippen molar-refractivity contribution in [3.8, 4) is 0 Å². The van der Waals surface area contributed by atoms with Gasteiger partial charge in [0.1, 0.15) is 5.69 Å². The lowest BCUT2D eigenvalue weighted by Crippen LogP contribution is -2.05. The second kappa shape index (κ2) is 7.24. The highest BCUT2D eigenvalue weighted by atomic mass is 32.2. The van der Waals surface area contributed by atoms with Crippen LogP contribution in [0.3, 0.4) is 0 Å². The number of aromatic nitrogens is 1. The van der Waals surface area contributed by atoms with Crippen molar-refractivity contribution in [1.82, 2.24) is 4.98 Å². The second-order valence-corrected chi connectivity index (χ2v) is 4.24. The first kappa shape index (κ1) is 13.0. The minimum absolute atomic E-state index is 0.211. The number of hydrogen-bond donors (Lipinski definition) is 1. The molecule has 0 amide bonds. The summed E-state index contributed by atoms with van der Waals surface area (Å²) in [5.74, 6) is 1.22. The zero-order chi connectivity index (χ0) is 11.8. The van der Waals surface area contributed by atoms with Crippen LogP contribution >= 0.6 is 11.8 Å². The van der Waals surface area contributed by atoms with Gasteiger partial charge in [0.05, 0.1) is 12.8 Å². The molecule has 1 aromatic rings. The SMILES string of the molecule is COC(=O)c1cccc(CSCCCO)n1. The molecule has 0 saturated carbocycles. The molecule has 0 aliphatic rings. The molecular weight excluding hydrogens is 226 g/mol. The number of carbonyl (C=O) groups excluding carboxylic acids is 1. The number of aliphatic hydroxyl groups excluding tert-OH is 1. The predicted octanol–water partition coefficient (Wildman–Crippen LogP) is 1.48. The molecule has 16 heavy (non-hydrogen) atoms. The number of esters is 1. The Labute approximate surface area is 99.0 Å². The highest BCUT2D eigenvalue weighted by Gasteiger charge is 2.07. The van der Waals surface area contributed by atoms with Gasteiger partial charge in [0.2, 0.25) is 0 Å². The topological polar surface area (TPSA) is 59.4 Å². The van der Waals surface area contributed by atoms with E-state index in [1.807, 2.05) is 6.07 Å². The molecule has 0 radical (unpaired) electrons. The van der Waals surface area contributed by atoms with E-state index in [1.54, 1.807) is 23.9 Å². The van der Waals surface area contributed by atoms with Gasteiger partial charge >= 0.3 is 5.97 Å². The van der Waals surface area contributed by atoms with Crippen LogP contribution in [0.4, 0.5) is 0 Å². The summed E-state index contributed by atoms with van der Waals surface area (Å²) in [6, 6.07) is 5.30. The molecule has 0 aromatic carbocycles. The molecule has 5 heteroatoms. The van der Waals surface area contributed by atoms with Gasteiger partial charge in [-0.1, -0.05) is 6.07 Å². The fourth-order valence-electron chi connectivity index (χ4n) is 1.12. The zero-order valence-corrected chi connectivity index (χ0v) is 10.00. The van der Waals surface area contributed by atoms with E-state index >= 15 is 0 Å². The standard InChI is InChI=1S/C11H15NO3S/c1-15-11(14)10-5-2-4-9(12-10)8-16-7-3-6-13/h2,4-5,13H,3,6-8H2,1H3. The normalized spacial score (nSPS) is 10.1. The lowest BCUT2D eigenvalue weighted by molar-refractivity contribution is 0.0594. The van der Waals surface area contributed by atoms with Crippen molar-refractivity contribution in [2.45, 2.75) is 12.2 Å². The smallest absolute Gasteiger partial charge is 0.356 e. The molecule has 0 unspecified atom stereocenters. The summed E-state index contributed by atoms with van der Waals surface area (Å²) >= 11 is 1.68. The number of aliphatic hydroxyl groups is 1. The first-order valence-electron chi connectivity index (χ1n) is 5.00. The summed E-state index contributed by atoms with van der Waals surface area (Å²) in [5, 5.41) is 8.62. The van der Waals surface area contributed by atoms with Gasteiger partial charge in [-0.05, 0) is 24.3 Å². The summed E-state index contributed by atoms with van der Waals surface area (Å²) in [6.45, 7) is 0.211. The van der Waals surface area contributed by atoms with Crippen LogP contribution in [-0.2, 0) is 10.5 Å². The highest BCUT2D eigenvalue weighted by molar-refractivity contribution is 7.98. The van der Waals surface area contributed by atoms with Crippen molar-refractivity contribution in [1.29, 1.82) is 0 Å². The average molecular weight is 241 g/mol. The third-order valence-electron chi connectivity index (χ3n) is 1.90. The number of thioether (sulfide) groups is 1. The Morgan fingerprint density at radius 3 is 3.06 bits per heavy atom. The van der Waals surface area contributed by atoms with E-state index in [-0.39, 0.29) is 6.61 Å². The minimum Gasteiger partial charge on any atom is -0.464 e. The van der Waals surface area contributed by atoms with Crippen molar-refractivity contribution < 1.29 is 14.6 Å². The maximum atomic E-state index is 11.2. The molecule has 0 bridgehead atoms. The van der Waals surface area contributed by atoms with Gasteiger partial charge in [0.25, 0.3) is 0 Å². The van der Waals surface area contributed by atoms with Crippen LogP contribution in [0.15, 0.2) is 18.2 Å². The average Bonchev–Trinajstić information content (AvgIpc) is 2.34. The van der Waals surface area contributed by atoms with Crippen LogP contribution in [0.25, 0.3) is 0 Å². The van der Waals surface area contributed by atoms with Gasteiger partial charge in [0.15, 0.2) is 0 Å². The van der Waals surface area contributed by atoms with Gasteiger partial charge in [-0.3, -0.25) is 0 Å². The summed E-state index contributed by atoms with van der Waals surface area (Å²) in [6.07, 6.45) is 0.779. The quantitative estimate of drug-likeness (QED) is 0.604. The Kier molecular flexibility index (Phi) is 5.88. The maximum Gasteiger partial charge on any atom is 0.356 e. The van der Waals surface area contributed by atoms with Crippen LogP contribution in [0.2, 0.25) is 0 Å². The van der Waals surface area contributed by atoms with Crippen LogP contribution in [0.1, 0.15) is 22.6 Å². The molecule has 0 saturated heterocycles. The molecule has 1 N–H and O–H groups in total. The first-order valence-corrected chi connectivity index (χ1v) is 6.16. The molecule has 1 rings (SSSR count). The van der Waals surface area contributed by atoms with Gasteiger partial charge in [-0.2, -0.15) is 11.8 Å². The Hall–Kier alpha value is -1.07. The van der Waals surface area contributed by atoms with Crippen molar-refractivity contribution in [2.24, 2.45) is 0 Å². The van der Waals surface area contributed by atoms with E-state index < -0.39 is 5.97 Å². The molecule has 88 valence electrons. The molecule has 4 nitrogen and oxygen atoms in total. The van der Waals surface area contributed by atoms with E-state index in [9.17, 15) is 4.79 Å². The van der Waals surface area contributed by atoms with Crippen LogP contribution < -0.4 is 0 Å². The zero-order valence-electron chi connectivity index (χ0n) is 9.18. The van der Waals surface area contributed by atoms with E-state index in [4.69, 9.17) is 5.11 Å². The summed E-state index contributed by atoms with van der Waals surface area (Å²) in [5.41, 5.74) is 1.19. The van der Waals surface area contributed by atoms with Crippen molar-refractivity contribution in [3.05, 3.63) is 29.6 Å². The number of methoxy groups -OCH3 is 1. The molecule has 0 spiro atoms. The van der Waals surface area contributed by atoms with Crippen LogP contribution in [0, 0.1) is 0 Å². The van der Waals surface area contributed by atoms with Gasteiger partial charge in [-0.15, -0.1) is 0 Å². The minimum atomic E-state index is -0.415. The fraction of sp³-hybridized carbons (Fsp3) is 0.455. The lowest BCUT2D eigenvalue weighted by Gasteiger charge is -2.02. The number of rotatable bonds is 6. The molecule has 1 aromatic heterocycles. The third kappa shape index (κ3) is 4.20. The van der Waals surface area contributed by atoms with E-state index in [2.05, 4.69) is 9.72 Å². The molecule has 0 atom stereocenters.